The van der Waals surface area contributed by atoms with Gasteiger partial charge in [-0.1, -0.05) is 0 Å². The lowest BCUT2D eigenvalue weighted by Gasteiger charge is -2.29. The van der Waals surface area contributed by atoms with Gasteiger partial charge in [-0.25, -0.2) is 9.97 Å². The van der Waals surface area contributed by atoms with Crippen molar-refractivity contribution in [2.45, 2.75) is 45.2 Å². The fraction of sp³-hybridized carbons (Fsp3) is 0.429. The zero-order chi connectivity index (χ0) is 20.2. The standard InChI is InChI=1S/C21H24N6O2/c1-12-16(17-18(26-21(2)6-7-21)24-11-25-19(17)29-12)20(28)27-9-5-13-14(22-3)4-8-23-15(13)10-27/h4,8,11H,5-7,9-10H2,1-3H3,(H,22,23)(H,24,25,26). The van der Waals surface area contributed by atoms with Crippen molar-refractivity contribution in [2.24, 2.45) is 0 Å². The highest BCUT2D eigenvalue weighted by atomic mass is 16.3. The van der Waals surface area contributed by atoms with Crippen molar-refractivity contribution in [3.63, 3.8) is 0 Å². The number of pyridine rings is 1. The van der Waals surface area contributed by atoms with E-state index in [1.807, 2.05) is 24.9 Å². The third-order valence-electron chi connectivity index (χ3n) is 5.97. The summed E-state index contributed by atoms with van der Waals surface area (Å²) in [5, 5.41) is 7.36. The van der Waals surface area contributed by atoms with Crippen molar-refractivity contribution >= 4 is 28.5 Å². The molecule has 2 N–H and O–H groups in total. The highest BCUT2D eigenvalue weighted by molar-refractivity contribution is 6.10. The van der Waals surface area contributed by atoms with Crippen LogP contribution in [0.25, 0.3) is 11.1 Å². The van der Waals surface area contributed by atoms with Crippen LogP contribution in [-0.4, -0.2) is 44.9 Å². The molecule has 1 fully saturated rings. The lowest BCUT2D eigenvalue weighted by molar-refractivity contribution is 0.0732. The number of nitrogens with zero attached hydrogens (tertiary/aromatic N) is 4. The van der Waals surface area contributed by atoms with Gasteiger partial charge >= 0.3 is 0 Å². The van der Waals surface area contributed by atoms with Crippen molar-refractivity contribution in [3.05, 3.63) is 41.2 Å². The maximum Gasteiger partial charge on any atom is 0.258 e. The molecular weight excluding hydrogens is 368 g/mol. The summed E-state index contributed by atoms with van der Waals surface area (Å²) in [6, 6.07) is 1.97. The second-order valence-electron chi connectivity index (χ2n) is 8.13. The van der Waals surface area contributed by atoms with Crippen molar-refractivity contribution < 1.29 is 9.21 Å². The Balaban J connectivity index is 1.52. The number of nitrogens with one attached hydrogen (secondary N) is 2. The van der Waals surface area contributed by atoms with Gasteiger partial charge in [-0.3, -0.25) is 9.78 Å². The molecule has 0 saturated heterocycles. The lowest BCUT2D eigenvalue weighted by Crippen LogP contribution is -2.37. The van der Waals surface area contributed by atoms with Crippen LogP contribution >= 0.6 is 0 Å². The van der Waals surface area contributed by atoms with E-state index in [4.69, 9.17) is 4.42 Å². The van der Waals surface area contributed by atoms with E-state index in [1.165, 1.54) is 11.9 Å². The summed E-state index contributed by atoms with van der Waals surface area (Å²) in [6.45, 7) is 5.07. The number of carbonyl (C=O) groups excluding carboxylic acids is 1. The Morgan fingerprint density at radius 2 is 2.10 bits per heavy atom. The minimum absolute atomic E-state index is 0.0321. The molecule has 150 valence electrons. The van der Waals surface area contributed by atoms with Crippen LogP contribution in [0.1, 0.15) is 47.1 Å². The Kier molecular flexibility index (Phi) is 3.97. The third-order valence-corrected chi connectivity index (χ3v) is 5.97. The van der Waals surface area contributed by atoms with E-state index in [-0.39, 0.29) is 11.4 Å². The van der Waals surface area contributed by atoms with Gasteiger partial charge in [0.05, 0.1) is 23.2 Å². The van der Waals surface area contributed by atoms with E-state index >= 15 is 0 Å². The molecule has 3 aromatic heterocycles. The van der Waals surface area contributed by atoms with Crippen LogP contribution in [0, 0.1) is 6.92 Å². The Hall–Kier alpha value is -3.16. The number of carbonyl (C=O) groups is 1. The molecule has 1 aliphatic carbocycles. The average molecular weight is 392 g/mol. The molecule has 0 aromatic carbocycles. The second kappa shape index (κ2) is 6.43. The van der Waals surface area contributed by atoms with Gasteiger partial charge in [-0.2, -0.15) is 0 Å². The van der Waals surface area contributed by atoms with E-state index in [0.717, 1.165) is 30.6 Å². The van der Waals surface area contributed by atoms with Gasteiger partial charge in [0.25, 0.3) is 5.91 Å². The van der Waals surface area contributed by atoms with E-state index < -0.39 is 0 Å². The quantitative estimate of drug-likeness (QED) is 0.704. The van der Waals surface area contributed by atoms with E-state index in [0.29, 0.717) is 41.3 Å². The van der Waals surface area contributed by atoms with Crippen LogP contribution in [0.2, 0.25) is 0 Å². The summed E-state index contributed by atoms with van der Waals surface area (Å²) in [6.07, 6.45) is 6.19. The summed E-state index contributed by atoms with van der Waals surface area (Å²) >= 11 is 0. The molecule has 2 aliphatic rings. The zero-order valence-electron chi connectivity index (χ0n) is 16.9. The maximum absolute atomic E-state index is 13.5. The largest absolute Gasteiger partial charge is 0.442 e. The monoisotopic (exact) mass is 392 g/mol. The molecule has 29 heavy (non-hydrogen) atoms. The Labute approximate surface area is 168 Å². The molecule has 8 heteroatoms. The van der Waals surface area contributed by atoms with Crippen LogP contribution in [0.3, 0.4) is 0 Å². The van der Waals surface area contributed by atoms with Crippen molar-refractivity contribution in [2.75, 3.05) is 24.2 Å². The first kappa shape index (κ1) is 17.9. The first-order chi connectivity index (χ1) is 14.0. The molecule has 0 unspecified atom stereocenters. The summed E-state index contributed by atoms with van der Waals surface area (Å²) in [4.78, 5) is 28.5. The number of fused-ring (bicyclic) bond motifs is 2. The smallest absolute Gasteiger partial charge is 0.258 e. The molecule has 3 aromatic rings. The number of anilines is 2. The molecule has 0 bridgehead atoms. The molecule has 0 radical (unpaired) electrons. The van der Waals surface area contributed by atoms with Crippen LogP contribution in [-0.2, 0) is 13.0 Å². The van der Waals surface area contributed by atoms with Gasteiger partial charge in [0.15, 0.2) is 0 Å². The van der Waals surface area contributed by atoms with Gasteiger partial charge in [0, 0.05) is 36.6 Å². The minimum atomic E-state index is -0.0673. The Morgan fingerprint density at radius 3 is 2.86 bits per heavy atom. The fourth-order valence-electron chi connectivity index (χ4n) is 4.02. The van der Waals surface area contributed by atoms with Gasteiger partial charge in [-0.15, -0.1) is 0 Å². The van der Waals surface area contributed by atoms with Gasteiger partial charge in [0.2, 0.25) is 5.71 Å². The van der Waals surface area contributed by atoms with E-state index in [2.05, 4.69) is 32.5 Å². The van der Waals surface area contributed by atoms with Crippen molar-refractivity contribution in [3.8, 4) is 0 Å². The summed E-state index contributed by atoms with van der Waals surface area (Å²) < 4.78 is 5.83. The Bertz CT molecular complexity index is 1120. The molecule has 0 spiro atoms. The first-order valence-electron chi connectivity index (χ1n) is 9.95. The molecule has 8 nitrogen and oxygen atoms in total. The molecule has 5 rings (SSSR count). The van der Waals surface area contributed by atoms with Crippen LogP contribution in [0.4, 0.5) is 11.5 Å². The third kappa shape index (κ3) is 2.99. The summed E-state index contributed by atoms with van der Waals surface area (Å²) in [5.74, 6) is 1.17. The molecule has 1 aliphatic heterocycles. The second-order valence-corrected chi connectivity index (χ2v) is 8.13. The SMILES string of the molecule is CNc1ccnc2c1CCN(C(=O)c1c(C)oc3ncnc(NC4(C)CC4)c13)C2. The van der Waals surface area contributed by atoms with Crippen LogP contribution < -0.4 is 10.6 Å². The minimum Gasteiger partial charge on any atom is -0.442 e. The van der Waals surface area contributed by atoms with Gasteiger partial charge in [0.1, 0.15) is 17.9 Å². The molecule has 4 heterocycles. The number of rotatable bonds is 4. The van der Waals surface area contributed by atoms with E-state index in [9.17, 15) is 4.79 Å². The van der Waals surface area contributed by atoms with E-state index in [1.54, 1.807) is 6.20 Å². The molecule has 1 amide bonds. The average Bonchev–Trinajstić information content (AvgIpc) is 3.34. The lowest BCUT2D eigenvalue weighted by atomic mass is 10.0. The molecule has 1 saturated carbocycles. The van der Waals surface area contributed by atoms with Crippen molar-refractivity contribution in [1.29, 1.82) is 0 Å². The zero-order valence-corrected chi connectivity index (χ0v) is 16.9. The topological polar surface area (TPSA) is 96.2 Å². The highest BCUT2D eigenvalue weighted by Gasteiger charge is 2.39. The summed E-state index contributed by atoms with van der Waals surface area (Å²) in [5.41, 5.74) is 4.21. The summed E-state index contributed by atoms with van der Waals surface area (Å²) in [7, 11) is 1.91. The normalized spacial score (nSPS) is 17.1. The number of aromatic nitrogens is 3. The van der Waals surface area contributed by atoms with Crippen molar-refractivity contribution in [1.82, 2.24) is 19.9 Å². The van der Waals surface area contributed by atoms with Gasteiger partial charge < -0.3 is 20.0 Å². The first-order valence-corrected chi connectivity index (χ1v) is 9.95. The number of aryl methyl sites for hydroxylation is 1. The predicted molar refractivity (Wildman–Crippen MR) is 110 cm³/mol. The van der Waals surface area contributed by atoms with Gasteiger partial charge in [-0.05, 0) is 39.2 Å². The predicted octanol–water partition coefficient (Wildman–Crippen LogP) is 3.13. The number of hydrogen-bond acceptors (Lipinski definition) is 7. The maximum atomic E-state index is 13.5. The molecular formula is C21H24N6O2. The van der Waals surface area contributed by atoms with Crippen LogP contribution in [0.15, 0.2) is 23.0 Å². The fourth-order valence-corrected chi connectivity index (χ4v) is 4.02. The number of hydrogen-bond donors (Lipinski definition) is 2. The number of amides is 1. The molecule has 0 atom stereocenters. The number of furan rings is 1. The Morgan fingerprint density at radius 1 is 1.28 bits per heavy atom. The van der Waals surface area contributed by atoms with Crippen LogP contribution in [0.5, 0.6) is 0 Å². The highest BCUT2D eigenvalue weighted by Crippen LogP contribution is 2.40.